The molecular formula is C12H20N4OS2. The number of hydrogen-bond acceptors (Lipinski definition) is 6. The van der Waals surface area contributed by atoms with Crippen LogP contribution in [0.15, 0.2) is 0 Å². The fourth-order valence-corrected chi connectivity index (χ4v) is 4.18. The molecule has 0 radical (unpaired) electrons. The van der Waals surface area contributed by atoms with Crippen LogP contribution in [0, 0.1) is 0 Å². The minimum atomic E-state index is -0.0877. The summed E-state index contributed by atoms with van der Waals surface area (Å²) in [5.41, 5.74) is 0. The van der Waals surface area contributed by atoms with Crippen molar-refractivity contribution in [2.45, 2.75) is 44.4 Å². The van der Waals surface area contributed by atoms with Gasteiger partial charge in [-0.3, -0.25) is 4.79 Å². The van der Waals surface area contributed by atoms with Crippen LogP contribution in [0.25, 0.3) is 0 Å². The van der Waals surface area contributed by atoms with Crippen LogP contribution in [0.5, 0.6) is 0 Å². The normalized spacial score (nSPS) is 22.4. The van der Waals surface area contributed by atoms with Gasteiger partial charge in [0.15, 0.2) is 0 Å². The first kappa shape index (κ1) is 14.6. The average molecular weight is 300 g/mol. The summed E-state index contributed by atoms with van der Waals surface area (Å²) in [6.45, 7) is 4.94. The number of rotatable bonds is 6. The van der Waals surface area contributed by atoms with E-state index in [9.17, 15) is 4.79 Å². The Morgan fingerprint density at radius 1 is 1.42 bits per heavy atom. The number of hydrogen-bond donors (Lipinski definition) is 2. The summed E-state index contributed by atoms with van der Waals surface area (Å²) in [4.78, 5) is 12.1. The summed E-state index contributed by atoms with van der Waals surface area (Å²) in [5, 5.41) is 15.8. The topological polar surface area (TPSA) is 66.9 Å². The second-order valence-corrected chi connectivity index (χ2v) is 6.94. The van der Waals surface area contributed by atoms with Gasteiger partial charge in [-0.15, -0.1) is 10.2 Å². The molecule has 1 fully saturated rings. The molecule has 2 atom stereocenters. The SMILES string of the molecule is CCNc1nnc(C(=O)NC2CCCC2SCC)s1. The Labute approximate surface area is 122 Å². The van der Waals surface area contributed by atoms with Gasteiger partial charge in [0.1, 0.15) is 0 Å². The lowest BCUT2D eigenvalue weighted by molar-refractivity contribution is 0.0937. The van der Waals surface area contributed by atoms with Crippen LogP contribution in [0.4, 0.5) is 5.13 Å². The van der Waals surface area contributed by atoms with Gasteiger partial charge in [0.05, 0.1) is 0 Å². The highest BCUT2D eigenvalue weighted by Gasteiger charge is 2.29. The third-order valence-electron chi connectivity index (χ3n) is 3.10. The van der Waals surface area contributed by atoms with Crippen molar-refractivity contribution in [3.63, 3.8) is 0 Å². The van der Waals surface area contributed by atoms with Crippen molar-refractivity contribution in [1.29, 1.82) is 0 Å². The molecule has 0 saturated heterocycles. The van der Waals surface area contributed by atoms with Gasteiger partial charge in [0.2, 0.25) is 10.1 Å². The van der Waals surface area contributed by atoms with E-state index in [1.54, 1.807) is 0 Å². The molecule has 2 unspecified atom stereocenters. The molecule has 1 amide bonds. The van der Waals surface area contributed by atoms with E-state index in [2.05, 4.69) is 27.8 Å². The van der Waals surface area contributed by atoms with Gasteiger partial charge in [-0.05, 0) is 25.5 Å². The van der Waals surface area contributed by atoms with Crippen LogP contribution in [0.2, 0.25) is 0 Å². The summed E-state index contributed by atoms with van der Waals surface area (Å²) < 4.78 is 0. The largest absolute Gasteiger partial charge is 0.360 e. The minimum Gasteiger partial charge on any atom is -0.360 e. The highest BCUT2D eigenvalue weighted by atomic mass is 32.2. The minimum absolute atomic E-state index is 0.0877. The van der Waals surface area contributed by atoms with Gasteiger partial charge < -0.3 is 10.6 Å². The number of carbonyl (C=O) groups excluding carboxylic acids is 1. The average Bonchev–Trinajstić information content (AvgIpc) is 3.01. The molecule has 5 nitrogen and oxygen atoms in total. The zero-order valence-corrected chi connectivity index (χ0v) is 12.9. The number of amides is 1. The third kappa shape index (κ3) is 3.82. The molecule has 19 heavy (non-hydrogen) atoms. The van der Waals surface area contributed by atoms with E-state index in [1.807, 2.05) is 18.7 Å². The van der Waals surface area contributed by atoms with E-state index in [-0.39, 0.29) is 11.9 Å². The monoisotopic (exact) mass is 300 g/mol. The standard InChI is InChI=1S/C12H20N4OS2/c1-3-13-12-16-15-11(19-12)10(17)14-8-6-5-7-9(8)18-4-2/h8-9H,3-7H2,1-2H3,(H,13,16)(H,14,17). The number of nitrogens with one attached hydrogen (secondary N) is 2. The van der Waals surface area contributed by atoms with Crippen molar-refractivity contribution in [3.8, 4) is 0 Å². The van der Waals surface area contributed by atoms with Crippen LogP contribution >= 0.6 is 23.1 Å². The fraction of sp³-hybridized carbons (Fsp3) is 0.750. The number of anilines is 1. The number of aromatic nitrogens is 2. The van der Waals surface area contributed by atoms with Crippen molar-refractivity contribution in [1.82, 2.24) is 15.5 Å². The third-order valence-corrected chi connectivity index (χ3v) is 5.30. The molecule has 1 heterocycles. The van der Waals surface area contributed by atoms with E-state index in [1.165, 1.54) is 24.2 Å². The van der Waals surface area contributed by atoms with E-state index < -0.39 is 0 Å². The highest BCUT2D eigenvalue weighted by Crippen LogP contribution is 2.30. The maximum Gasteiger partial charge on any atom is 0.282 e. The van der Waals surface area contributed by atoms with Gasteiger partial charge in [-0.25, -0.2) is 0 Å². The first-order chi connectivity index (χ1) is 9.24. The fourth-order valence-electron chi connectivity index (χ4n) is 2.27. The quantitative estimate of drug-likeness (QED) is 0.844. The Bertz CT molecular complexity index is 424. The molecule has 0 aromatic carbocycles. The Kier molecular flexibility index (Phi) is 5.45. The molecule has 1 aliphatic rings. The Balaban J connectivity index is 1.92. The maximum absolute atomic E-state index is 12.1. The molecule has 2 rings (SSSR count). The van der Waals surface area contributed by atoms with Gasteiger partial charge in [-0.2, -0.15) is 11.8 Å². The van der Waals surface area contributed by atoms with Crippen LogP contribution < -0.4 is 10.6 Å². The zero-order valence-electron chi connectivity index (χ0n) is 11.3. The first-order valence-electron chi connectivity index (χ1n) is 6.74. The molecule has 0 spiro atoms. The summed E-state index contributed by atoms with van der Waals surface area (Å²) in [6, 6.07) is 0.281. The van der Waals surface area contributed by atoms with Crippen molar-refractivity contribution >= 4 is 34.1 Å². The number of carbonyl (C=O) groups is 1. The van der Waals surface area contributed by atoms with Gasteiger partial charge in [-0.1, -0.05) is 24.7 Å². The number of nitrogens with zero attached hydrogens (tertiary/aromatic N) is 2. The second kappa shape index (κ2) is 7.09. The van der Waals surface area contributed by atoms with Crippen LogP contribution in [0.3, 0.4) is 0 Å². The molecule has 106 valence electrons. The Hall–Kier alpha value is -0.820. The van der Waals surface area contributed by atoms with Crippen molar-refractivity contribution in [2.24, 2.45) is 0 Å². The molecule has 1 aromatic rings. The van der Waals surface area contributed by atoms with Crippen LogP contribution in [0.1, 0.15) is 42.9 Å². The van der Waals surface area contributed by atoms with Gasteiger partial charge in [0.25, 0.3) is 5.91 Å². The second-order valence-electron chi connectivity index (χ2n) is 4.45. The van der Waals surface area contributed by atoms with E-state index in [0.717, 1.165) is 18.7 Å². The smallest absolute Gasteiger partial charge is 0.282 e. The highest BCUT2D eigenvalue weighted by molar-refractivity contribution is 7.99. The predicted octanol–water partition coefficient (Wildman–Crippen LogP) is 2.37. The van der Waals surface area contributed by atoms with Crippen molar-refractivity contribution < 1.29 is 4.79 Å². The predicted molar refractivity (Wildman–Crippen MR) is 81.1 cm³/mol. The molecule has 1 saturated carbocycles. The van der Waals surface area contributed by atoms with Crippen molar-refractivity contribution in [2.75, 3.05) is 17.6 Å². The van der Waals surface area contributed by atoms with Gasteiger partial charge in [0, 0.05) is 17.8 Å². The molecule has 7 heteroatoms. The zero-order chi connectivity index (χ0) is 13.7. The number of thioether (sulfide) groups is 1. The summed E-state index contributed by atoms with van der Waals surface area (Å²) in [5.74, 6) is 1.01. The van der Waals surface area contributed by atoms with Crippen LogP contribution in [-0.2, 0) is 0 Å². The molecule has 0 bridgehead atoms. The summed E-state index contributed by atoms with van der Waals surface area (Å²) in [6.07, 6.45) is 3.46. The van der Waals surface area contributed by atoms with E-state index >= 15 is 0 Å². The Morgan fingerprint density at radius 3 is 3.00 bits per heavy atom. The lowest BCUT2D eigenvalue weighted by Crippen LogP contribution is -2.38. The molecule has 0 aliphatic heterocycles. The maximum atomic E-state index is 12.1. The first-order valence-corrected chi connectivity index (χ1v) is 8.61. The van der Waals surface area contributed by atoms with Crippen LogP contribution in [-0.4, -0.2) is 39.7 Å². The van der Waals surface area contributed by atoms with E-state index in [4.69, 9.17) is 0 Å². The van der Waals surface area contributed by atoms with E-state index in [0.29, 0.717) is 15.4 Å². The molecule has 1 aliphatic carbocycles. The Morgan fingerprint density at radius 2 is 2.26 bits per heavy atom. The van der Waals surface area contributed by atoms with Crippen molar-refractivity contribution in [3.05, 3.63) is 5.01 Å². The van der Waals surface area contributed by atoms with Gasteiger partial charge >= 0.3 is 0 Å². The summed E-state index contributed by atoms with van der Waals surface area (Å²) in [7, 11) is 0. The molecule has 2 N–H and O–H groups in total. The molecule has 1 aromatic heterocycles. The molecular weight excluding hydrogens is 280 g/mol. The lowest BCUT2D eigenvalue weighted by Gasteiger charge is -2.19. The summed E-state index contributed by atoms with van der Waals surface area (Å²) >= 11 is 3.25. The lowest BCUT2D eigenvalue weighted by atomic mass is 10.2.